The maximum absolute atomic E-state index is 12.3. The van der Waals surface area contributed by atoms with E-state index >= 15 is 0 Å². The predicted octanol–water partition coefficient (Wildman–Crippen LogP) is 2.36. The molecule has 0 fully saturated rings. The minimum absolute atomic E-state index is 0.119. The summed E-state index contributed by atoms with van der Waals surface area (Å²) in [6, 6.07) is 17.6. The van der Waals surface area contributed by atoms with Crippen LogP contribution >= 0.6 is 0 Å². The van der Waals surface area contributed by atoms with Gasteiger partial charge in [-0.05, 0) is 42.5 Å². The smallest absolute Gasteiger partial charge is 0.240 e. The summed E-state index contributed by atoms with van der Waals surface area (Å²) in [7, 11) is -2.06. The molecule has 0 radical (unpaired) electrons. The lowest BCUT2D eigenvalue weighted by atomic mass is 10.3. The summed E-state index contributed by atoms with van der Waals surface area (Å²) >= 11 is 0. The highest BCUT2D eigenvalue weighted by Crippen LogP contribution is 2.15. The van der Waals surface area contributed by atoms with Crippen LogP contribution in [0.15, 0.2) is 71.8 Å². The molecule has 3 aromatic rings. The first-order chi connectivity index (χ1) is 11.6. The van der Waals surface area contributed by atoms with Crippen molar-refractivity contribution in [2.24, 2.45) is 0 Å². The molecule has 2 aromatic carbocycles. The third-order valence-corrected chi connectivity index (χ3v) is 4.90. The van der Waals surface area contributed by atoms with Crippen LogP contribution in [0.3, 0.4) is 0 Å². The van der Waals surface area contributed by atoms with Crippen LogP contribution in [-0.4, -0.2) is 25.3 Å². The standard InChI is InChI=1S/C17H17N3O3S/c1-23-16-7-9-17(10-8-16)24(21,22)18-13-14-11-12-20(19-14)15-5-3-2-4-6-15/h2-12,18H,13H2,1H3. The number of para-hydroxylation sites is 1. The lowest BCUT2D eigenvalue weighted by Gasteiger charge is -2.06. The molecule has 0 amide bonds. The first-order valence-electron chi connectivity index (χ1n) is 7.32. The molecule has 0 atom stereocenters. The van der Waals surface area contributed by atoms with Crippen molar-refractivity contribution in [2.45, 2.75) is 11.4 Å². The monoisotopic (exact) mass is 343 g/mol. The fourth-order valence-electron chi connectivity index (χ4n) is 2.19. The quantitative estimate of drug-likeness (QED) is 0.746. The van der Waals surface area contributed by atoms with Gasteiger partial charge in [-0.25, -0.2) is 17.8 Å². The molecule has 0 spiro atoms. The molecule has 24 heavy (non-hydrogen) atoms. The van der Waals surface area contributed by atoms with Crippen LogP contribution in [0.2, 0.25) is 0 Å². The van der Waals surface area contributed by atoms with Gasteiger partial charge in [-0.1, -0.05) is 18.2 Å². The molecule has 1 heterocycles. The number of hydrogen-bond acceptors (Lipinski definition) is 4. The number of ether oxygens (including phenoxy) is 1. The summed E-state index contributed by atoms with van der Waals surface area (Å²) < 4.78 is 33.9. The van der Waals surface area contributed by atoms with Gasteiger partial charge in [-0.2, -0.15) is 5.10 Å². The van der Waals surface area contributed by atoms with Gasteiger partial charge in [0.25, 0.3) is 0 Å². The van der Waals surface area contributed by atoms with Crippen LogP contribution in [0.4, 0.5) is 0 Å². The van der Waals surface area contributed by atoms with Crippen LogP contribution in [0.1, 0.15) is 5.69 Å². The van der Waals surface area contributed by atoms with E-state index in [1.807, 2.05) is 30.3 Å². The third kappa shape index (κ3) is 3.64. The number of benzene rings is 2. The van der Waals surface area contributed by atoms with Gasteiger partial charge in [-0.3, -0.25) is 0 Å². The Bertz CT molecular complexity index is 904. The Kier molecular flexibility index (Phi) is 4.64. The highest BCUT2D eigenvalue weighted by Gasteiger charge is 2.14. The number of rotatable bonds is 6. The minimum Gasteiger partial charge on any atom is -0.497 e. The van der Waals surface area contributed by atoms with E-state index in [4.69, 9.17) is 4.74 Å². The second-order valence-electron chi connectivity index (χ2n) is 5.09. The fourth-order valence-corrected chi connectivity index (χ4v) is 3.19. The Morgan fingerprint density at radius 2 is 1.75 bits per heavy atom. The van der Waals surface area contributed by atoms with Gasteiger partial charge in [0.1, 0.15) is 5.75 Å². The van der Waals surface area contributed by atoms with E-state index in [1.165, 1.54) is 19.2 Å². The molecule has 0 bridgehead atoms. The average molecular weight is 343 g/mol. The van der Waals surface area contributed by atoms with Crippen LogP contribution in [0.25, 0.3) is 5.69 Å². The van der Waals surface area contributed by atoms with Gasteiger partial charge in [0.15, 0.2) is 0 Å². The second kappa shape index (κ2) is 6.86. The van der Waals surface area contributed by atoms with Crippen molar-refractivity contribution in [3.8, 4) is 11.4 Å². The van der Waals surface area contributed by atoms with Crippen LogP contribution in [0.5, 0.6) is 5.75 Å². The van der Waals surface area contributed by atoms with E-state index in [0.29, 0.717) is 11.4 Å². The maximum Gasteiger partial charge on any atom is 0.240 e. The van der Waals surface area contributed by atoms with Gasteiger partial charge in [-0.15, -0.1) is 0 Å². The Hall–Kier alpha value is -2.64. The number of aromatic nitrogens is 2. The zero-order valence-corrected chi connectivity index (χ0v) is 13.9. The molecule has 1 aromatic heterocycles. The lowest BCUT2D eigenvalue weighted by molar-refractivity contribution is 0.414. The van der Waals surface area contributed by atoms with Gasteiger partial charge >= 0.3 is 0 Å². The van der Waals surface area contributed by atoms with Crippen molar-refractivity contribution in [3.63, 3.8) is 0 Å². The van der Waals surface area contributed by atoms with E-state index in [1.54, 1.807) is 29.1 Å². The average Bonchev–Trinajstić information content (AvgIpc) is 3.10. The molecule has 3 rings (SSSR count). The Morgan fingerprint density at radius 3 is 2.42 bits per heavy atom. The summed E-state index contributed by atoms with van der Waals surface area (Å²) in [5, 5.41) is 4.37. The molecule has 0 aliphatic rings. The summed E-state index contributed by atoms with van der Waals surface area (Å²) in [6.07, 6.45) is 1.80. The molecule has 1 N–H and O–H groups in total. The molecule has 0 saturated carbocycles. The van der Waals surface area contributed by atoms with E-state index in [0.717, 1.165) is 5.69 Å². The molecule has 0 aliphatic carbocycles. The first-order valence-corrected chi connectivity index (χ1v) is 8.80. The van der Waals surface area contributed by atoms with Crippen molar-refractivity contribution < 1.29 is 13.2 Å². The molecule has 124 valence electrons. The van der Waals surface area contributed by atoms with E-state index in [9.17, 15) is 8.42 Å². The minimum atomic E-state index is -3.59. The molecule has 0 aliphatic heterocycles. The van der Waals surface area contributed by atoms with E-state index in [2.05, 4.69) is 9.82 Å². The molecule has 7 heteroatoms. The first kappa shape index (κ1) is 16.2. The van der Waals surface area contributed by atoms with Gasteiger partial charge < -0.3 is 4.74 Å². The molecule has 0 saturated heterocycles. The zero-order valence-electron chi connectivity index (χ0n) is 13.1. The van der Waals surface area contributed by atoms with Crippen molar-refractivity contribution >= 4 is 10.0 Å². The Labute approximate surface area is 140 Å². The Balaban J connectivity index is 1.69. The highest BCUT2D eigenvalue weighted by molar-refractivity contribution is 7.89. The lowest BCUT2D eigenvalue weighted by Crippen LogP contribution is -2.23. The third-order valence-electron chi connectivity index (χ3n) is 3.48. The normalized spacial score (nSPS) is 11.4. The van der Waals surface area contributed by atoms with E-state index in [-0.39, 0.29) is 11.4 Å². The van der Waals surface area contributed by atoms with Crippen LogP contribution in [-0.2, 0) is 16.6 Å². The molecule has 6 nitrogen and oxygen atoms in total. The van der Waals surface area contributed by atoms with Crippen molar-refractivity contribution in [3.05, 3.63) is 72.6 Å². The van der Waals surface area contributed by atoms with Gasteiger partial charge in [0.2, 0.25) is 10.0 Å². The van der Waals surface area contributed by atoms with Gasteiger partial charge in [0, 0.05) is 6.20 Å². The number of methoxy groups -OCH3 is 1. The number of sulfonamides is 1. The molecular weight excluding hydrogens is 326 g/mol. The molecular formula is C17H17N3O3S. The largest absolute Gasteiger partial charge is 0.497 e. The number of hydrogen-bond donors (Lipinski definition) is 1. The summed E-state index contributed by atoms with van der Waals surface area (Å²) in [5.74, 6) is 0.607. The summed E-state index contributed by atoms with van der Waals surface area (Å²) in [4.78, 5) is 0.186. The van der Waals surface area contributed by atoms with Crippen molar-refractivity contribution in [2.75, 3.05) is 7.11 Å². The fraction of sp³-hybridized carbons (Fsp3) is 0.118. The maximum atomic E-state index is 12.3. The SMILES string of the molecule is COc1ccc(S(=O)(=O)NCc2ccn(-c3ccccc3)n2)cc1. The van der Waals surface area contributed by atoms with Crippen molar-refractivity contribution in [1.82, 2.24) is 14.5 Å². The topological polar surface area (TPSA) is 73.2 Å². The van der Waals surface area contributed by atoms with Crippen LogP contribution < -0.4 is 9.46 Å². The summed E-state index contributed by atoms with van der Waals surface area (Å²) in [5.41, 5.74) is 1.55. The van der Waals surface area contributed by atoms with Crippen LogP contribution in [0, 0.1) is 0 Å². The predicted molar refractivity (Wildman–Crippen MR) is 90.6 cm³/mol. The number of nitrogens with one attached hydrogen (secondary N) is 1. The van der Waals surface area contributed by atoms with Gasteiger partial charge in [0.05, 0.1) is 29.9 Å². The van der Waals surface area contributed by atoms with E-state index < -0.39 is 10.0 Å². The van der Waals surface area contributed by atoms with Crippen molar-refractivity contribution in [1.29, 1.82) is 0 Å². The number of nitrogens with zero attached hydrogens (tertiary/aromatic N) is 2. The zero-order chi connectivity index (χ0) is 17.0. The highest BCUT2D eigenvalue weighted by atomic mass is 32.2. The summed E-state index contributed by atoms with van der Waals surface area (Å²) in [6.45, 7) is 0.119. The second-order valence-corrected chi connectivity index (χ2v) is 6.85. The molecule has 0 unspecified atom stereocenters. The Morgan fingerprint density at radius 1 is 1.04 bits per heavy atom.